The van der Waals surface area contributed by atoms with Gasteiger partial charge >= 0.3 is 0 Å². The Morgan fingerprint density at radius 3 is 2.56 bits per heavy atom. The fourth-order valence-electron chi connectivity index (χ4n) is 1.78. The lowest BCUT2D eigenvalue weighted by atomic mass is 10.2. The molecule has 0 radical (unpaired) electrons. The van der Waals surface area contributed by atoms with Gasteiger partial charge in [0.2, 0.25) is 5.91 Å². The first-order valence-electron chi connectivity index (χ1n) is 6.10. The maximum absolute atomic E-state index is 12.1. The number of hydrogen-bond donors (Lipinski definition) is 2. The Kier molecular flexibility index (Phi) is 5.28. The number of rotatable bonds is 5. The van der Waals surface area contributed by atoms with Gasteiger partial charge in [0.05, 0.1) is 16.4 Å². The number of nitrogen functional groups attached to an aromatic ring is 1. The molecule has 1 amide bonds. The van der Waals surface area contributed by atoms with Gasteiger partial charge in [-0.2, -0.15) is 0 Å². The van der Waals surface area contributed by atoms with Gasteiger partial charge in [-0.15, -0.1) is 0 Å². The molecule has 0 bridgehead atoms. The molecule has 0 saturated heterocycles. The van der Waals surface area contributed by atoms with Crippen LogP contribution in [0.5, 0.6) is 0 Å². The molecule has 1 rings (SSSR count). The van der Waals surface area contributed by atoms with Crippen LogP contribution in [0.3, 0.4) is 0 Å². The molecule has 5 heteroatoms. The molecule has 0 spiro atoms. The van der Waals surface area contributed by atoms with E-state index in [0.29, 0.717) is 29.5 Å². The fourth-order valence-corrected chi connectivity index (χ4v) is 2.02. The zero-order valence-electron chi connectivity index (χ0n) is 11.0. The highest BCUT2D eigenvalue weighted by Gasteiger charge is 2.19. The molecule has 1 aromatic carbocycles. The first-order valence-corrected chi connectivity index (χ1v) is 6.48. The monoisotopic (exact) mass is 269 g/mol. The smallest absolute Gasteiger partial charge is 0.244 e. The zero-order chi connectivity index (χ0) is 13.7. The lowest BCUT2D eigenvalue weighted by Gasteiger charge is -2.24. The van der Waals surface area contributed by atoms with Crippen molar-refractivity contribution < 1.29 is 4.79 Å². The van der Waals surface area contributed by atoms with Crippen molar-refractivity contribution in [1.82, 2.24) is 4.90 Å². The molecule has 4 nitrogen and oxygen atoms in total. The molecule has 0 aliphatic rings. The molecule has 1 unspecified atom stereocenters. The summed E-state index contributed by atoms with van der Waals surface area (Å²) in [5, 5.41) is 3.60. The van der Waals surface area contributed by atoms with Crippen LogP contribution in [0, 0.1) is 0 Å². The van der Waals surface area contributed by atoms with E-state index in [-0.39, 0.29) is 11.9 Å². The summed E-state index contributed by atoms with van der Waals surface area (Å²) in [7, 11) is 0. The van der Waals surface area contributed by atoms with Gasteiger partial charge in [0.1, 0.15) is 6.04 Å². The van der Waals surface area contributed by atoms with Crippen LogP contribution in [-0.2, 0) is 4.79 Å². The number of benzene rings is 1. The zero-order valence-corrected chi connectivity index (χ0v) is 11.8. The maximum atomic E-state index is 12.1. The Morgan fingerprint density at radius 1 is 1.44 bits per heavy atom. The van der Waals surface area contributed by atoms with E-state index in [4.69, 9.17) is 17.3 Å². The molecular formula is C13H20ClN3O. The SMILES string of the molecule is CCN(CC)C(=O)C(C)Nc1c(N)cccc1Cl. The van der Waals surface area contributed by atoms with Gasteiger partial charge < -0.3 is 16.0 Å². The number of nitrogens with zero attached hydrogens (tertiary/aromatic N) is 1. The van der Waals surface area contributed by atoms with Crippen molar-refractivity contribution in [3.05, 3.63) is 23.2 Å². The third-order valence-corrected chi connectivity index (χ3v) is 3.17. The maximum Gasteiger partial charge on any atom is 0.244 e. The fraction of sp³-hybridized carbons (Fsp3) is 0.462. The molecular weight excluding hydrogens is 250 g/mol. The number of carbonyl (C=O) groups excluding carboxylic acids is 1. The van der Waals surface area contributed by atoms with E-state index in [9.17, 15) is 4.79 Å². The molecule has 3 N–H and O–H groups in total. The number of amides is 1. The molecule has 0 saturated carbocycles. The van der Waals surface area contributed by atoms with E-state index in [1.807, 2.05) is 20.8 Å². The number of nitrogens with two attached hydrogens (primary N) is 1. The van der Waals surface area contributed by atoms with Crippen molar-refractivity contribution in [3.63, 3.8) is 0 Å². The molecule has 0 heterocycles. The highest BCUT2D eigenvalue weighted by Crippen LogP contribution is 2.28. The second-order valence-corrected chi connectivity index (χ2v) is 4.49. The Hall–Kier alpha value is -1.42. The minimum atomic E-state index is -0.355. The van der Waals surface area contributed by atoms with E-state index in [1.54, 1.807) is 23.1 Å². The molecule has 1 aromatic rings. The molecule has 0 fully saturated rings. The molecule has 1 atom stereocenters. The largest absolute Gasteiger partial charge is 0.397 e. The minimum Gasteiger partial charge on any atom is -0.397 e. The van der Waals surface area contributed by atoms with Gasteiger partial charge in [0.25, 0.3) is 0 Å². The molecule has 18 heavy (non-hydrogen) atoms. The van der Waals surface area contributed by atoms with E-state index in [0.717, 1.165) is 0 Å². The Bertz CT molecular complexity index is 398. The Labute approximate surface area is 113 Å². The quantitative estimate of drug-likeness (QED) is 0.808. The summed E-state index contributed by atoms with van der Waals surface area (Å²) in [5.74, 6) is 0.0410. The summed E-state index contributed by atoms with van der Waals surface area (Å²) in [6, 6.07) is 4.92. The topological polar surface area (TPSA) is 58.4 Å². The first-order chi connectivity index (χ1) is 8.51. The van der Waals surface area contributed by atoms with Crippen LogP contribution in [-0.4, -0.2) is 29.9 Å². The Morgan fingerprint density at radius 2 is 2.06 bits per heavy atom. The highest BCUT2D eigenvalue weighted by atomic mass is 35.5. The number of anilines is 2. The third-order valence-electron chi connectivity index (χ3n) is 2.85. The van der Waals surface area contributed by atoms with E-state index < -0.39 is 0 Å². The van der Waals surface area contributed by atoms with Gasteiger partial charge in [0, 0.05) is 13.1 Å². The molecule has 100 valence electrons. The molecule has 0 aliphatic carbocycles. The number of halogens is 1. The van der Waals surface area contributed by atoms with Crippen LogP contribution in [0.1, 0.15) is 20.8 Å². The lowest BCUT2D eigenvalue weighted by Crippen LogP contribution is -2.41. The standard InChI is InChI=1S/C13H20ClN3O/c1-4-17(5-2)13(18)9(3)16-12-10(14)7-6-8-11(12)15/h6-9,16H,4-5,15H2,1-3H3. The molecule has 0 aliphatic heterocycles. The van der Waals surface area contributed by atoms with Crippen LogP contribution in [0.25, 0.3) is 0 Å². The van der Waals surface area contributed by atoms with Crippen LogP contribution in [0.4, 0.5) is 11.4 Å². The second kappa shape index (κ2) is 6.50. The average Bonchev–Trinajstić information content (AvgIpc) is 2.35. The summed E-state index contributed by atoms with van der Waals surface area (Å²) >= 11 is 6.06. The van der Waals surface area contributed by atoms with Crippen molar-refractivity contribution in [2.75, 3.05) is 24.1 Å². The molecule has 0 aromatic heterocycles. The van der Waals surface area contributed by atoms with Crippen molar-refractivity contribution in [2.45, 2.75) is 26.8 Å². The van der Waals surface area contributed by atoms with Crippen molar-refractivity contribution in [2.24, 2.45) is 0 Å². The normalized spacial score (nSPS) is 12.0. The Balaban J connectivity index is 2.81. The van der Waals surface area contributed by atoms with E-state index in [1.165, 1.54) is 0 Å². The van der Waals surface area contributed by atoms with Crippen LogP contribution in [0.15, 0.2) is 18.2 Å². The van der Waals surface area contributed by atoms with Crippen LogP contribution >= 0.6 is 11.6 Å². The van der Waals surface area contributed by atoms with Gasteiger partial charge in [-0.1, -0.05) is 17.7 Å². The van der Waals surface area contributed by atoms with Gasteiger partial charge in [-0.3, -0.25) is 4.79 Å². The summed E-state index contributed by atoms with van der Waals surface area (Å²) < 4.78 is 0. The number of nitrogens with one attached hydrogen (secondary N) is 1. The van der Waals surface area contributed by atoms with Crippen molar-refractivity contribution in [3.8, 4) is 0 Å². The van der Waals surface area contributed by atoms with E-state index in [2.05, 4.69) is 5.32 Å². The number of para-hydroxylation sites is 1. The summed E-state index contributed by atoms with van der Waals surface area (Å²) in [5.41, 5.74) is 7.00. The lowest BCUT2D eigenvalue weighted by molar-refractivity contribution is -0.131. The van der Waals surface area contributed by atoms with Crippen molar-refractivity contribution >= 4 is 28.9 Å². The van der Waals surface area contributed by atoms with Crippen molar-refractivity contribution in [1.29, 1.82) is 0 Å². The number of likely N-dealkylation sites (N-methyl/N-ethyl adjacent to an activating group) is 1. The van der Waals surface area contributed by atoms with Crippen LogP contribution in [0.2, 0.25) is 5.02 Å². The predicted molar refractivity (Wildman–Crippen MR) is 76.9 cm³/mol. The summed E-state index contributed by atoms with van der Waals surface area (Å²) in [6.07, 6.45) is 0. The summed E-state index contributed by atoms with van der Waals surface area (Å²) in [6.45, 7) is 7.11. The second-order valence-electron chi connectivity index (χ2n) is 4.08. The minimum absolute atomic E-state index is 0.0410. The summed E-state index contributed by atoms with van der Waals surface area (Å²) in [4.78, 5) is 13.9. The van der Waals surface area contributed by atoms with Gasteiger partial charge in [0.15, 0.2) is 0 Å². The van der Waals surface area contributed by atoms with Gasteiger partial charge in [-0.25, -0.2) is 0 Å². The number of carbonyl (C=O) groups is 1. The third kappa shape index (κ3) is 3.29. The average molecular weight is 270 g/mol. The van der Waals surface area contributed by atoms with Crippen LogP contribution < -0.4 is 11.1 Å². The van der Waals surface area contributed by atoms with E-state index >= 15 is 0 Å². The predicted octanol–water partition coefficient (Wildman–Crippen LogP) is 2.59. The number of hydrogen-bond acceptors (Lipinski definition) is 3. The van der Waals surface area contributed by atoms with Gasteiger partial charge in [-0.05, 0) is 32.9 Å². The highest BCUT2D eigenvalue weighted by molar-refractivity contribution is 6.34. The first kappa shape index (κ1) is 14.6.